The highest BCUT2D eigenvalue weighted by Crippen LogP contribution is 2.30. The summed E-state index contributed by atoms with van der Waals surface area (Å²) in [4.78, 5) is 0. The molecule has 0 amide bonds. The summed E-state index contributed by atoms with van der Waals surface area (Å²) in [5.74, 6) is 2.89. The minimum absolute atomic E-state index is 0.511. The lowest BCUT2D eigenvalue weighted by Crippen LogP contribution is -2.40. The van der Waals surface area contributed by atoms with Crippen LogP contribution in [0.5, 0.6) is 0 Å². The molecule has 0 aromatic carbocycles. The summed E-state index contributed by atoms with van der Waals surface area (Å²) in [5, 5.41) is 3.76. The maximum Gasteiger partial charge on any atom is 0.105 e. The second-order valence-corrected chi connectivity index (χ2v) is 6.21. The van der Waals surface area contributed by atoms with E-state index in [1.165, 1.54) is 25.7 Å². The smallest absolute Gasteiger partial charge is 0.105 e. The van der Waals surface area contributed by atoms with Crippen LogP contribution in [0, 0.1) is 11.8 Å². The van der Waals surface area contributed by atoms with Crippen molar-refractivity contribution in [3.05, 3.63) is 24.2 Å². The van der Waals surface area contributed by atoms with Gasteiger partial charge in [-0.05, 0) is 56.6 Å². The number of furan rings is 1. The fourth-order valence-electron chi connectivity index (χ4n) is 3.14. The van der Waals surface area contributed by atoms with Gasteiger partial charge in [0.1, 0.15) is 5.76 Å². The molecule has 0 radical (unpaired) electrons. The van der Waals surface area contributed by atoms with Crippen molar-refractivity contribution in [3.63, 3.8) is 0 Å². The van der Waals surface area contributed by atoms with E-state index in [4.69, 9.17) is 4.42 Å². The molecule has 1 saturated carbocycles. The third-order valence-corrected chi connectivity index (χ3v) is 4.32. The molecule has 2 rings (SSSR count). The molecule has 2 heteroatoms. The van der Waals surface area contributed by atoms with E-state index in [9.17, 15) is 0 Å². The zero-order chi connectivity index (χ0) is 13.0. The molecule has 1 unspecified atom stereocenters. The number of hydrogen-bond acceptors (Lipinski definition) is 2. The highest BCUT2D eigenvalue weighted by atomic mass is 16.3. The molecular formula is C16H27NO. The first-order valence-corrected chi connectivity index (χ1v) is 7.43. The van der Waals surface area contributed by atoms with Crippen LogP contribution < -0.4 is 5.32 Å². The fourth-order valence-corrected chi connectivity index (χ4v) is 3.14. The Morgan fingerprint density at radius 1 is 1.22 bits per heavy atom. The molecule has 0 aliphatic heterocycles. The lowest BCUT2D eigenvalue weighted by Gasteiger charge is -2.33. The normalized spacial score (nSPS) is 26.4. The quantitative estimate of drug-likeness (QED) is 0.852. The largest absolute Gasteiger partial charge is 0.469 e. The Bertz CT molecular complexity index is 323. The number of rotatable bonds is 5. The van der Waals surface area contributed by atoms with Crippen molar-refractivity contribution in [2.24, 2.45) is 11.8 Å². The van der Waals surface area contributed by atoms with Gasteiger partial charge in [0.25, 0.3) is 0 Å². The van der Waals surface area contributed by atoms with E-state index in [0.717, 1.165) is 24.0 Å². The van der Waals surface area contributed by atoms with Gasteiger partial charge < -0.3 is 9.73 Å². The molecule has 1 heterocycles. The highest BCUT2D eigenvalue weighted by molar-refractivity contribution is 5.00. The van der Waals surface area contributed by atoms with Crippen LogP contribution in [-0.2, 0) is 6.42 Å². The topological polar surface area (TPSA) is 25.2 Å². The zero-order valence-electron chi connectivity index (χ0n) is 12.0. The van der Waals surface area contributed by atoms with E-state index < -0.39 is 0 Å². The van der Waals surface area contributed by atoms with Gasteiger partial charge in [-0.15, -0.1) is 0 Å². The van der Waals surface area contributed by atoms with Gasteiger partial charge in [0.2, 0.25) is 0 Å². The van der Waals surface area contributed by atoms with Gasteiger partial charge in [-0.25, -0.2) is 0 Å². The van der Waals surface area contributed by atoms with E-state index >= 15 is 0 Å². The highest BCUT2D eigenvalue weighted by Gasteiger charge is 2.23. The van der Waals surface area contributed by atoms with Gasteiger partial charge >= 0.3 is 0 Å². The molecule has 1 atom stereocenters. The number of hydrogen-bond donors (Lipinski definition) is 1. The Kier molecular flexibility index (Phi) is 4.87. The molecule has 1 aromatic rings. The van der Waals surface area contributed by atoms with Crippen LogP contribution in [0.15, 0.2) is 22.8 Å². The number of nitrogens with one attached hydrogen (secondary N) is 1. The second kappa shape index (κ2) is 6.42. The zero-order valence-corrected chi connectivity index (χ0v) is 12.0. The van der Waals surface area contributed by atoms with E-state index in [1.807, 2.05) is 6.07 Å². The first kappa shape index (κ1) is 13.7. The molecule has 102 valence electrons. The summed E-state index contributed by atoms with van der Waals surface area (Å²) in [6.07, 6.45) is 8.22. The Morgan fingerprint density at radius 2 is 1.94 bits per heavy atom. The SMILES string of the molecule is CC(Cc1ccco1)NC1CCC(C(C)C)CC1. The van der Waals surface area contributed by atoms with Crippen molar-refractivity contribution < 1.29 is 4.42 Å². The van der Waals surface area contributed by atoms with Gasteiger partial charge in [0.15, 0.2) is 0 Å². The average molecular weight is 249 g/mol. The lowest BCUT2D eigenvalue weighted by molar-refractivity contribution is 0.229. The van der Waals surface area contributed by atoms with Crippen molar-refractivity contribution >= 4 is 0 Å². The Hall–Kier alpha value is -0.760. The summed E-state index contributed by atoms with van der Waals surface area (Å²) in [6.45, 7) is 6.98. The molecule has 0 bridgehead atoms. The van der Waals surface area contributed by atoms with Crippen molar-refractivity contribution in [3.8, 4) is 0 Å². The molecule has 1 aliphatic rings. The third kappa shape index (κ3) is 3.88. The van der Waals surface area contributed by atoms with Crippen LogP contribution in [0.1, 0.15) is 52.2 Å². The molecule has 1 aromatic heterocycles. The van der Waals surface area contributed by atoms with Crippen molar-refractivity contribution in [2.45, 2.75) is 65.0 Å². The Morgan fingerprint density at radius 3 is 2.50 bits per heavy atom. The minimum Gasteiger partial charge on any atom is -0.469 e. The van der Waals surface area contributed by atoms with Crippen LogP contribution in [0.4, 0.5) is 0 Å². The summed E-state index contributed by atoms with van der Waals surface area (Å²) >= 11 is 0. The van der Waals surface area contributed by atoms with Crippen molar-refractivity contribution in [2.75, 3.05) is 0 Å². The van der Waals surface area contributed by atoms with Gasteiger partial charge in [-0.2, -0.15) is 0 Å². The molecular weight excluding hydrogens is 222 g/mol. The third-order valence-electron chi connectivity index (χ3n) is 4.32. The van der Waals surface area contributed by atoms with Gasteiger partial charge in [0.05, 0.1) is 6.26 Å². The average Bonchev–Trinajstić information content (AvgIpc) is 2.82. The lowest BCUT2D eigenvalue weighted by atomic mass is 9.79. The van der Waals surface area contributed by atoms with Gasteiger partial charge in [-0.3, -0.25) is 0 Å². The Balaban J connectivity index is 1.71. The molecule has 0 spiro atoms. The monoisotopic (exact) mass is 249 g/mol. The first-order valence-electron chi connectivity index (χ1n) is 7.43. The summed E-state index contributed by atoms with van der Waals surface area (Å²) < 4.78 is 5.40. The predicted octanol–water partition coefficient (Wildman–Crippen LogP) is 4.02. The van der Waals surface area contributed by atoms with Crippen LogP contribution in [-0.4, -0.2) is 12.1 Å². The van der Waals surface area contributed by atoms with Crippen LogP contribution in [0.2, 0.25) is 0 Å². The Labute approximate surface area is 111 Å². The molecule has 1 fully saturated rings. The van der Waals surface area contributed by atoms with E-state index in [0.29, 0.717) is 12.1 Å². The molecule has 1 N–H and O–H groups in total. The second-order valence-electron chi connectivity index (χ2n) is 6.21. The van der Waals surface area contributed by atoms with Crippen LogP contribution in [0.25, 0.3) is 0 Å². The standard InChI is InChI=1S/C16H27NO/c1-12(2)14-6-8-15(9-7-14)17-13(3)11-16-5-4-10-18-16/h4-5,10,12-15,17H,6-9,11H2,1-3H3. The summed E-state index contributed by atoms with van der Waals surface area (Å²) in [5.41, 5.74) is 0. The van der Waals surface area contributed by atoms with E-state index in [2.05, 4.69) is 32.2 Å². The predicted molar refractivity (Wildman–Crippen MR) is 75.6 cm³/mol. The van der Waals surface area contributed by atoms with Crippen LogP contribution >= 0.6 is 0 Å². The summed E-state index contributed by atoms with van der Waals surface area (Å²) in [6, 6.07) is 5.26. The maximum atomic E-state index is 5.40. The van der Waals surface area contributed by atoms with Gasteiger partial charge in [0, 0.05) is 18.5 Å². The van der Waals surface area contributed by atoms with Crippen molar-refractivity contribution in [1.82, 2.24) is 5.32 Å². The van der Waals surface area contributed by atoms with Crippen molar-refractivity contribution in [1.29, 1.82) is 0 Å². The summed E-state index contributed by atoms with van der Waals surface area (Å²) in [7, 11) is 0. The maximum absolute atomic E-state index is 5.40. The first-order chi connectivity index (χ1) is 8.65. The molecule has 2 nitrogen and oxygen atoms in total. The van der Waals surface area contributed by atoms with Crippen LogP contribution in [0.3, 0.4) is 0 Å². The van der Waals surface area contributed by atoms with E-state index in [-0.39, 0.29) is 0 Å². The van der Waals surface area contributed by atoms with E-state index in [1.54, 1.807) is 6.26 Å². The molecule has 18 heavy (non-hydrogen) atoms. The molecule has 0 saturated heterocycles. The molecule has 1 aliphatic carbocycles. The minimum atomic E-state index is 0.511. The fraction of sp³-hybridized carbons (Fsp3) is 0.750. The van der Waals surface area contributed by atoms with Gasteiger partial charge in [-0.1, -0.05) is 13.8 Å².